The largest absolute Gasteiger partial charge is 0.452 e. The Labute approximate surface area is 123 Å². The zero-order chi connectivity index (χ0) is 14.3. The van der Waals surface area contributed by atoms with Crippen LogP contribution < -0.4 is 5.73 Å². The predicted molar refractivity (Wildman–Crippen MR) is 73.1 cm³/mol. The molecule has 0 saturated heterocycles. The van der Waals surface area contributed by atoms with Crippen molar-refractivity contribution in [3.05, 3.63) is 24.0 Å². The molecule has 2 heterocycles. The summed E-state index contributed by atoms with van der Waals surface area (Å²) in [7, 11) is 0. The van der Waals surface area contributed by atoms with Crippen molar-refractivity contribution in [2.75, 3.05) is 5.73 Å². The number of halogens is 3. The molecule has 20 heavy (non-hydrogen) atoms. The Kier molecular flexibility index (Phi) is 3.30. The molecule has 3 aromatic rings. The van der Waals surface area contributed by atoms with Gasteiger partial charge in [-0.1, -0.05) is 0 Å². The number of nitrogens with two attached hydrogens (primary N) is 1. The highest BCUT2D eigenvalue weighted by Gasteiger charge is 2.36. The summed E-state index contributed by atoms with van der Waals surface area (Å²) < 4.78 is 42.2. The standard InChI is InChI=1S/C10H5F3N4S3/c11-10(12,13)7-16-9(20-17-7)19-8-15-5-2-1-4(14)3-6(5)18-8/h1-3H,14H2. The molecule has 104 valence electrons. The topological polar surface area (TPSA) is 64.7 Å². The van der Waals surface area contributed by atoms with Gasteiger partial charge in [0.2, 0.25) is 5.82 Å². The average molecular weight is 334 g/mol. The van der Waals surface area contributed by atoms with Crippen molar-refractivity contribution >= 4 is 50.5 Å². The van der Waals surface area contributed by atoms with E-state index in [0.29, 0.717) is 21.6 Å². The second kappa shape index (κ2) is 4.86. The van der Waals surface area contributed by atoms with Crippen LogP contribution in [0.15, 0.2) is 26.9 Å². The molecule has 2 N–H and O–H groups in total. The van der Waals surface area contributed by atoms with Gasteiger partial charge in [-0.25, -0.2) is 9.97 Å². The Morgan fingerprint density at radius 1 is 1.15 bits per heavy atom. The first kappa shape index (κ1) is 13.6. The van der Waals surface area contributed by atoms with Gasteiger partial charge in [-0.15, -0.1) is 11.3 Å². The smallest absolute Gasteiger partial charge is 0.399 e. The van der Waals surface area contributed by atoms with Gasteiger partial charge in [0, 0.05) is 5.69 Å². The van der Waals surface area contributed by atoms with Crippen molar-refractivity contribution in [1.82, 2.24) is 14.3 Å². The Bertz CT molecular complexity index is 765. The first-order valence-corrected chi connectivity index (χ1v) is 7.57. The number of fused-ring (bicyclic) bond motifs is 1. The number of aromatic nitrogens is 3. The van der Waals surface area contributed by atoms with Crippen LogP contribution in [0.5, 0.6) is 0 Å². The normalized spacial score (nSPS) is 12.2. The van der Waals surface area contributed by atoms with Gasteiger partial charge in [-0.2, -0.15) is 17.5 Å². The number of alkyl halides is 3. The van der Waals surface area contributed by atoms with Gasteiger partial charge in [0.25, 0.3) is 0 Å². The highest BCUT2D eigenvalue weighted by molar-refractivity contribution is 8.02. The van der Waals surface area contributed by atoms with Gasteiger partial charge in [0.1, 0.15) is 0 Å². The predicted octanol–water partition coefficient (Wildman–Crippen LogP) is 3.90. The van der Waals surface area contributed by atoms with Crippen molar-refractivity contribution in [2.24, 2.45) is 0 Å². The molecule has 3 rings (SSSR count). The molecule has 10 heteroatoms. The van der Waals surface area contributed by atoms with E-state index in [1.807, 2.05) is 0 Å². The summed E-state index contributed by atoms with van der Waals surface area (Å²) >= 11 is 3.13. The molecule has 0 aliphatic carbocycles. The molecule has 0 bridgehead atoms. The molecule has 0 aliphatic heterocycles. The molecule has 0 amide bonds. The third kappa shape index (κ3) is 2.72. The summed E-state index contributed by atoms with van der Waals surface area (Å²) in [4.78, 5) is 7.76. The summed E-state index contributed by atoms with van der Waals surface area (Å²) in [6.45, 7) is 0. The van der Waals surface area contributed by atoms with E-state index in [-0.39, 0.29) is 4.34 Å². The SMILES string of the molecule is Nc1ccc2nc(Sc3nc(C(F)(F)F)ns3)sc2c1. The van der Waals surface area contributed by atoms with E-state index < -0.39 is 12.0 Å². The highest BCUT2D eigenvalue weighted by atomic mass is 32.2. The monoisotopic (exact) mass is 334 g/mol. The number of rotatable bonds is 2. The minimum Gasteiger partial charge on any atom is -0.399 e. The fraction of sp³-hybridized carbons (Fsp3) is 0.100. The van der Waals surface area contributed by atoms with Crippen LogP contribution in [0.1, 0.15) is 5.82 Å². The lowest BCUT2D eigenvalue weighted by Crippen LogP contribution is -2.06. The zero-order valence-electron chi connectivity index (χ0n) is 9.51. The number of thiazole rings is 1. The third-order valence-corrected chi connectivity index (χ3v) is 5.06. The zero-order valence-corrected chi connectivity index (χ0v) is 12.0. The summed E-state index contributed by atoms with van der Waals surface area (Å²) in [5.41, 5.74) is 7.04. The van der Waals surface area contributed by atoms with Crippen LogP contribution in [0.3, 0.4) is 0 Å². The van der Waals surface area contributed by atoms with Crippen LogP contribution in [-0.2, 0) is 6.18 Å². The molecular weight excluding hydrogens is 329 g/mol. The van der Waals surface area contributed by atoms with Crippen LogP contribution in [0.2, 0.25) is 0 Å². The minimum absolute atomic E-state index is 0.212. The lowest BCUT2D eigenvalue weighted by Gasteiger charge is -1.97. The van der Waals surface area contributed by atoms with Gasteiger partial charge in [-0.05, 0) is 41.5 Å². The number of benzene rings is 1. The maximum atomic E-state index is 12.4. The summed E-state index contributed by atoms with van der Waals surface area (Å²) in [6, 6.07) is 5.27. The highest BCUT2D eigenvalue weighted by Crippen LogP contribution is 2.37. The summed E-state index contributed by atoms with van der Waals surface area (Å²) in [5.74, 6) is -1.12. The van der Waals surface area contributed by atoms with Crippen molar-refractivity contribution in [1.29, 1.82) is 0 Å². The first-order valence-electron chi connectivity index (χ1n) is 5.16. The van der Waals surface area contributed by atoms with Gasteiger partial charge in [-0.3, -0.25) is 0 Å². The van der Waals surface area contributed by atoms with Crippen molar-refractivity contribution < 1.29 is 13.2 Å². The molecule has 2 aromatic heterocycles. The molecule has 0 spiro atoms. The van der Waals surface area contributed by atoms with E-state index in [1.54, 1.807) is 18.2 Å². The van der Waals surface area contributed by atoms with Crippen molar-refractivity contribution in [2.45, 2.75) is 14.9 Å². The summed E-state index contributed by atoms with van der Waals surface area (Å²) in [6.07, 6.45) is -4.52. The number of nitrogen functional groups attached to an aromatic ring is 1. The fourth-order valence-corrected chi connectivity index (χ4v) is 4.34. The van der Waals surface area contributed by atoms with Crippen LogP contribution in [0.4, 0.5) is 18.9 Å². The van der Waals surface area contributed by atoms with Gasteiger partial charge in [0.15, 0.2) is 8.68 Å². The molecule has 0 radical (unpaired) electrons. The first-order chi connectivity index (χ1) is 9.41. The van der Waals surface area contributed by atoms with Crippen LogP contribution in [-0.4, -0.2) is 14.3 Å². The maximum Gasteiger partial charge on any atom is 0.452 e. The number of hydrogen-bond acceptors (Lipinski definition) is 7. The minimum atomic E-state index is -4.52. The van der Waals surface area contributed by atoms with Crippen LogP contribution in [0.25, 0.3) is 10.2 Å². The molecule has 0 saturated carbocycles. The van der Waals surface area contributed by atoms with Gasteiger partial charge >= 0.3 is 6.18 Å². The van der Waals surface area contributed by atoms with E-state index in [4.69, 9.17) is 5.73 Å². The fourth-order valence-electron chi connectivity index (χ4n) is 1.40. The molecule has 1 aromatic carbocycles. The summed E-state index contributed by atoms with van der Waals surface area (Å²) in [5, 5.41) is 0. The maximum absolute atomic E-state index is 12.4. The molecule has 0 unspecified atom stereocenters. The third-order valence-electron chi connectivity index (χ3n) is 2.23. The van der Waals surface area contributed by atoms with Gasteiger partial charge < -0.3 is 5.73 Å². The van der Waals surface area contributed by atoms with E-state index in [0.717, 1.165) is 22.0 Å². The Morgan fingerprint density at radius 2 is 1.95 bits per heavy atom. The molecule has 0 fully saturated rings. The lowest BCUT2D eigenvalue weighted by atomic mass is 10.3. The van der Waals surface area contributed by atoms with Crippen LogP contribution >= 0.6 is 34.6 Å². The van der Waals surface area contributed by atoms with Crippen LogP contribution in [0, 0.1) is 0 Å². The van der Waals surface area contributed by atoms with Crippen molar-refractivity contribution in [3.8, 4) is 0 Å². The number of nitrogens with zero attached hydrogens (tertiary/aromatic N) is 3. The van der Waals surface area contributed by atoms with E-state index >= 15 is 0 Å². The van der Waals surface area contributed by atoms with Gasteiger partial charge in [0.05, 0.1) is 10.2 Å². The Hall–Kier alpha value is -1.39. The van der Waals surface area contributed by atoms with E-state index in [1.165, 1.54) is 11.3 Å². The second-order valence-corrected chi connectivity index (χ2v) is 6.97. The molecular formula is C10H5F3N4S3. The number of hydrogen-bond donors (Lipinski definition) is 1. The lowest BCUT2D eigenvalue weighted by molar-refractivity contribution is -0.144. The Balaban J connectivity index is 1.87. The molecule has 4 nitrogen and oxygen atoms in total. The van der Waals surface area contributed by atoms with E-state index in [2.05, 4.69) is 14.3 Å². The molecule has 0 atom stereocenters. The quantitative estimate of drug-likeness (QED) is 0.720. The van der Waals surface area contributed by atoms with E-state index in [9.17, 15) is 13.2 Å². The van der Waals surface area contributed by atoms with Crippen molar-refractivity contribution in [3.63, 3.8) is 0 Å². The molecule has 0 aliphatic rings. The Morgan fingerprint density at radius 3 is 2.65 bits per heavy atom. The average Bonchev–Trinajstić information content (AvgIpc) is 2.94. The second-order valence-electron chi connectivity index (χ2n) is 3.69. The number of anilines is 1.